The van der Waals surface area contributed by atoms with Crippen molar-refractivity contribution >= 4 is 29.0 Å². The Hall–Kier alpha value is -1.30. The van der Waals surface area contributed by atoms with Crippen LogP contribution in [-0.2, 0) is 4.79 Å². The fourth-order valence-corrected chi connectivity index (χ4v) is 5.50. The SMILES string of the molecule is Cc1ccc(C)c(SCC(=O)N[C@@H](C)[C@H](c2cccs2)N2CCCC2)c1. The van der Waals surface area contributed by atoms with Gasteiger partial charge in [-0.3, -0.25) is 9.69 Å². The maximum absolute atomic E-state index is 12.6. The number of rotatable bonds is 7. The van der Waals surface area contributed by atoms with Gasteiger partial charge in [-0.05, 0) is 69.8 Å². The minimum atomic E-state index is 0.110. The summed E-state index contributed by atoms with van der Waals surface area (Å²) in [6, 6.07) is 11.1. The molecule has 3 rings (SSSR count). The molecule has 1 amide bonds. The lowest BCUT2D eigenvalue weighted by Gasteiger charge is -2.32. The molecule has 3 nitrogen and oxygen atoms in total. The summed E-state index contributed by atoms with van der Waals surface area (Å²) in [6.07, 6.45) is 2.51. The van der Waals surface area contributed by atoms with Gasteiger partial charge < -0.3 is 5.32 Å². The highest BCUT2D eigenvalue weighted by molar-refractivity contribution is 8.00. The first-order valence-corrected chi connectivity index (χ1v) is 11.2. The van der Waals surface area contributed by atoms with Crippen LogP contribution in [0, 0.1) is 13.8 Å². The van der Waals surface area contributed by atoms with Crippen molar-refractivity contribution in [3.63, 3.8) is 0 Å². The molecule has 1 aliphatic rings. The van der Waals surface area contributed by atoms with E-state index in [1.54, 1.807) is 23.1 Å². The quantitative estimate of drug-likeness (QED) is 0.692. The molecule has 1 aliphatic heterocycles. The zero-order valence-electron chi connectivity index (χ0n) is 15.8. The van der Waals surface area contributed by atoms with E-state index in [1.807, 2.05) is 0 Å². The van der Waals surface area contributed by atoms with Gasteiger partial charge in [0.15, 0.2) is 0 Å². The van der Waals surface area contributed by atoms with E-state index in [0.717, 1.165) is 13.1 Å². The van der Waals surface area contributed by atoms with Crippen LogP contribution in [0.1, 0.15) is 41.8 Å². The van der Waals surface area contributed by atoms with E-state index < -0.39 is 0 Å². The highest BCUT2D eigenvalue weighted by Crippen LogP contribution is 2.31. The Balaban J connectivity index is 1.60. The summed E-state index contributed by atoms with van der Waals surface area (Å²) in [7, 11) is 0. The molecule has 0 bridgehead atoms. The molecule has 0 saturated carbocycles. The van der Waals surface area contributed by atoms with Crippen LogP contribution in [0.15, 0.2) is 40.6 Å². The van der Waals surface area contributed by atoms with Crippen LogP contribution in [0.3, 0.4) is 0 Å². The Morgan fingerprint density at radius 1 is 1.27 bits per heavy atom. The summed E-state index contributed by atoms with van der Waals surface area (Å²) in [6.45, 7) is 8.58. The topological polar surface area (TPSA) is 32.3 Å². The van der Waals surface area contributed by atoms with Gasteiger partial charge in [-0.15, -0.1) is 23.1 Å². The van der Waals surface area contributed by atoms with Crippen molar-refractivity contribution < 1.29 is 4.79 Å². The van der Waals surface area contributed by atoms with Gasteiger partial charge in [0, 0.05) is 15.8 Å². The van der Waals surface area contributed by atoms with Crippen molar-refractivity contribution in [2.24, 2.45) is 0 Å². The van der Waals surface area contributed by atoms with Crippen molar-refractivity contribution in [3.8, 4) is 0 Å². The van der Waals surface area contributed by atoms with Gasteiger partial charge in [-0.2, -0.15) is 0 Å². The second kappa shape index (κ2) is 9.07. The maximum atomic E-state index is 12.6. The van der Waals surface area contributed by atoms with Crippen LogP contribution in [0.2, 0.25) is 0 Å². The first-order valence-electron chi connectivity index (χ1n) is 9.31. The highest BCUT2D eigenvalue weighted by atomic mass is 32.2. The lowest BCUT2D eigenvalue weighted by atomic mass is 10.1. The number of nitrogens with one attached hydrogen (secondary N) is 1. The number of thioether (sulfide) groups is 1. The minimum Gasteiger partial charge on any atom is -0.351 e. The third kappa shape index (κ3) is 4.90. The number of carbonyl (C=O) groups excluding carboxylic acids is 1. The molecule has 1 aromatic carbocycles. The van der Waals surface area contributed by atoms with Gasteiger partial charge in [0.25, 0.3) is 0 Å². The van der Waals surface area contributed by atoms with Gasteiger partial charge in [-0.1, -0.05) is 23.8 Å². The zero-order valence-corrected chi connectivity index (χ0v) is 17.5. The lowest BCUT2D eigenvalue weighted by molar-refractivity contribution is -0.119. The molecule has 1 aromatic heterocycles. The van der Waals surface area contributed by atoms with Gasteiger partial charge in [-0.25, -0.2) is 0 Å². The molecule has 5 heteroatoms. The molecule has 2 heterocycles. The Morgan fingerprint density at radius 3 is 2.73 bits per heavy atom. The number of aryl methyl sites for hydroxylation is 2. The third-order valence-electron chi connectivity index (χ3n) is 4.93. The molecule has 1 N–H and O–H groups in total. The molecule has 2 atom stereocenters. The number of amides is 1. The molecule has 0 unspecified atom stereocenters. The van der Waals surface area contributed by atoms with Crippen molar-refractivity contribution in [2.75, 3.05) is 18.8 Å². The molecule has 1 fully saturated rings. The molecule has 1 saturated heterocycles. The Bertz CT molecular complexity index is 724. The number of likely N-dealkylation sites (tertiary alicyclic amines) is 1. The summed E-state index contributed by atoms with van der Waals surface area (Å²) >= 11 is 3.42. The molecular formula is C21H28N2OS2. The summed E-state index contributed by atoms with van der Waals surface area (Å²) in [5, 5.41) is 5.38. The Morgan fingerprint density at radius 2 is 2.04 bits per heavy atom. The second-order valence-electron chi connectivity index (χ2n) is 7.12. The monoisotopic (exact) mass is 388 g/mol. The second-order valence-corrected chi connectivity index (χ2v) is 9.11. The van der Waals surface area contributed by atoms with Gasteiger partial charge in [0.1, 0.15) is 0 Å². The van der Waals surface area contributed by atoms with Gasteiger partial charge >= 0.3 is 0 Å². The first-order chi connectivity index (χ1) is 12.5. The highest BCUT2D eigenvalue weighted by Gasteiger charge is 2.29. The van der Waals surface area contributed by atoms with Crippen LogP contribution in [-0.4, -0.2) is 35.7 Å². The summed E-state index contributed by atoms with van der Waals surface area (Å²) in [5.74, 6) is 0.579. The van der Waals surface area contributed by atoms with Crippen molar-refractivity contribution in [1.82, 2.24) is 10.2 Å². The van der Waals surface area contributed by atoms with E-state index in [2.05, 4.69) is 66.7 Å². The van der Waals surface area contributed by atoms with E-state index >= 15 is 0 Å². The average molecular weight is 389 g/mol. The van der Waals surface area contributed by atoms with Crippen LogP contribution in [0.5, 0.6) is 0 Å². The van der Waals surface area contributed by atoms with Crippen molar-refractivity contribution in [3.05, 3.63) is 51.7 Å². The summed E-state index contributed by atoms with van der Waals surface area (Å²) < 4.78 is 0. The zero-order chi connectivity index (χ0) is 18.5. The van der Waals surface area contributed by atoms with Crippen molar-refractivity contribution in [2.45, 2.75) is 50.6 Å². The van der Waals surface area contributed by atoms with E-state index in [0.29, 0.717) is 5.75 Å². The molecule has 0 aliphatic carbocycles. The number of carbonyl (C=O) groups is 1. The number of benzene rings is 1. The van der Waals surface area contributed by atoms with E-state index in [4.69, 9.17) is 0 Å². The maximum Gasteiger partial charge on any atom is 0.230 e. The van der Waals surface area contributed by atoms with Crippen LogP contribution in [0.25, 0.3) is 0 Å². The fraction of sp³-hybridized carbons (Fsp3) is 0.476. The first kappa shape index (κ1) is 19.5. The fourth-order valence-electron chi connectivity index (χ4n) is 3.60. The number of hydrogen-bond donors (Lipinski definition) is 1. The van der Waals surface area contributed by atoms with Crippen LogP contribution >= 0.6 is 23.1 Å². The summed E-state index contributed by atoms with van der Waals surface area (Å²) in [5.41, 5.74) is 2.47. The summed E-state index contributed by atoms with van der Waals surface area (Å²) in [4.78, 5) is 17.6. The molecule has 0 spiro atoms. The molecular weight excluding hydrogens is 360 g/mol. The number of thiophene rings is 1. The molecule has 140 valence electrons. The minimum absolute atomic E-state index is 0.110. The predicted octanol–water partition coefficient (Wildman–Crippen LogP) is 4.80. The Labute approximate surface area is 165 Å². The lowest BCUT2D eigenvalue weighted by Crippen LogP contribution is -2.44. The third-order valence-corrected chi connectivity index (χ3v) is 7.03. The Kier molecular flexibility index (Phi) is 6.79. The molecule has 0 radical (unpaired) electrons. The van der Waals surface area contributed by atoms with Gasteiger partial charge in [0.2, 0.25) is 5.91 Å². The largest absolute Gasteiger partial charge is 0.351 e. The smallest absolute Gasteiger partial charge is 0.230 e. The van der Waals surface area contributed by atoms with Gasteiger partial charge in [0.05, 0.1) is 11.8 Å². The van der Waals surface area contributed by atoms with E-state index in [1.165, 1.54) is 33.7 Å². The predicted molar refractivity (Wildman–Crippen MR) is 112 cm³/mol. The normalized spacial score (nSPS) is 17.2. The molecule has 2 aromatic rings. The number of hydrogen-bond acceptors (Lipinski definition) is 4. The van der Waals surface area contributed by atoms with Crippen molar-refractivity contribution in [1.29, 1.82) is 0 Å². The van der Waals surface area contributed by atoms with E-state index in [9.17, 15) is 4.79 Å². The van der Waals surface area contributed by atoms with Crippen LogP contribution in [0.4, 0.5) is 0 Å². The number of nitrogens with zero attached hydrogens (tertiary/aromatic N) is 1. The van der Waals surface area contributed by atoms with E-state index in [-0.39, 0.29) is 18.0 Å². The van der Waals surface area contributed by atoms with Crippen LogP contribution < -0.4 is 5.32 Å². The standard InChI is InChI=1S/C21H28N2OS2/c1-15-8-9-16(2)19(13-15)26-14-20(24)22-17(3)21(18-7-6-12-25-18)23-10-4-5-11-23/h6-9,12-13,17,21H,4-5,10-11,14H2,1-3H3,(H,22,24)/t17-,21+/m0/s1. The average Bonchev–Trinajstić information content (AvgIpc) is 3.30. The molecule has 26 heavy (non-hydrogen) atoms.